The van der Waals surface area contributed by atoms with Crippen LogP contribution in [0.2, 0.25) is 5.02 Å². The van der Waals surface area contributed by atoms with Crippen LogP contribution in [-0.2, 0) is 21.3 Å². The van der Waals surface area contributed by atoms with E-state index in [-0.39, 0.29) is 28.6 Å². The van der Waals surface area contributed by atoms with E-state index in [0.29, 0.717) is 13.0 Å². The molecule has 0 aliphatic heterocycles. The largest absolute Gasteiger partial charge is 0.385 e. The summed E-state index contributed by atoms with van der Waals surface area (Å²) < 4.78 is 44.8. The van der Waals surface area contributed by atoms with Gasteiger partial charge in [0, 0.05) is 26.8 Å². The molecule has 5 nitrogen and oxygen atoms in total. The first-order valence-corrected chi connectivity index (χ1v) is 7.95. The lowest BCUT2D eigenvalue weighted by Gasteiger charge is -2.10. The molecule has 0 saturated carbocycles. The van der Waals surface area contributed by atoms with Crippen molar-refractivity contribution < 1.29 is 17.5 Å². The van der Waals surface area contributed by atoms with E-state index < -0.39 is 15.8 Å². The van der Waals surface area contributed by atoms with Gasteiger partial charge >= 0.3 is 0 Å². The van der Waals surface area contributed by atoms with Gasteiger partial charge in [0.1, 0.15) is 5.82 Å². The number of unbranched alkanes of at least 4 members (excludes halogenated alkanes) is 1. The Hall–Kier alpha value is -0.730. The molecular weight excluding hydrogens is 307 g/mol. The van der Waals surface area contributed by atoms with Crippen LogP contribution >= 0.6 is 11.6 Å². The van der Waals surface area contributed by atoms with Crippen LogP contribution in [0.15, 0.2) is 17.0 Å². The molecule has 0 saturated heterocycles. The molecule has 0 unspecified atom stereocenters. The van der Waals surface area contributed by atoms with E-state index in [0.717, 1.165) is 12.5 Å². The first-order valence-electron chi connectivity index (χ1n) is 6.09. The molecule has 0 aliphatic rings. The van der Waals surface area contributed by atoms with Crippen molar-refractivity contribution in [2.75, 3.05) is 20.3 Å². The maximum atomic E-state index is 13.5. The fourth-order valence-corrected chi connectivity index (χ4v) is 2.91. The number of ether oxygens (including phenoxy) is 1. The van der Waals surface area contributed by atoms with Crippen LogP contribution < -0.4 is 10.5 Å². The molecule has 1 aromatic rings. The Morgan fingerprint density at radius 3 is 2.70 bits per heavy atom. The van der Waals surface area contributed by atoms with Crippen molar-refractivity contribution in [1.29, 1.82) is 0 Å². The lowest BCUT2D eigenvalue weighted by Crippen LogP contribution is -2.25. The third-order valence-corrected chi connectivity index (χ3v) is 4.54. The minimum Gasteiger partial charge on any atom is -0.385 e. The molecule has 8 heteroatoms. The van der Waals surface area contributed by atoms with Gasteiger partial charge in [0.2, 0.25) is 10.0 Å². The molecule has 0 radical (unpaired) electrons. The van der Waals surface area contributed by atoms with Crippen LogP contribution in [0.1, 0.15) is 18.4 Å². The molecular formula is C12H18ClFN2O3S. The summed E-state index contributed by atoms with van der Waals surface area (Å²) in [7, 11) is -2.19. The second-order valence-electron chi connectivity index (χ2n) is 4.18. The zero-order valence-corrected chi connectivity index (χ0v) is 12.7. The zero-order chi connectivity index (χ0) is 15.2. The van der Waals surface area contributed by atoms with Gasteiger partial charge < -0.3 is 10.5 Å². The van der Waals surface area contributed by atoms with E-state index in [4.69, 9.17) is 22.1 Å². The van der Waals surface area contributed by atoms with Crippen LogP contribution in [0, 0.1) is 5.82 Å². The lowest BCUT2D eigenvalue weighted by atomic mass is 10.2. The molecule has 0 fully saturated rings. The summed E-state index contributed by atoms with van der Waals surface area (Å²) in [6.45, 7) is 0.787. The van der Waals surface area contributed by atoms with Gasteiger partial charge in [-0.05, 0) is 30.5 Å². The average molecular weight is 325 g/mol. The fraction of sp³-hybridized carbons (Fsp3) is 0.500. The summed E-state index contributed by atoms with van der Waals surface area (Å²) in [4.78, 5) is -0.174. The number of halogens is 2. The number of sulfonamides is 1. The van der Waals surface area contributed by atoms with Crippen molar-refractivity contribution in [2.24, 2.45) is 5.73 Å². The maximum absolute atomic E-state index is 13.5. The minimum absolute atomic E-state index is 0.0348. The maximum Gasteiger partial charge on any atom is 0.240 e. The Morgan fingerprint density at radius 1 is 1.40 bits per heavy atom. The molecule has 0 atom stereocenters. The summed E-state index contributed by atoms with van der Waals surface area (Å²) in [5, 5.41) is -0.147. The molecule has 1 aromatic carbocycles. The number of rotatable bonds is 8. The number of benzene rings is 1. The van der Waals surface area contributed by atoms with E-state index in [1.165, 1.54) is 6.07 Å². The van der Waals surface area contributed by atoms with Crippen molar-refractivity contribution in [3.63, 3.8) is 0 Å². The van der Waals surface area contributed by atoms with Crippen molar-refractivity contribution >= 4 is 21.6 Å². The number of nitrogens with two attached hydrogens (primary N) is 1. The Kier molecular flexibility index (Phi) is 6.84. The highest BCUT2D eigenvalue weighted by atomic mass is 35.5. The molecule has 20 heavy (non-hydrogen) atoms. The number of methoxy groups -OCH3 is 1. The van der Waals surface area contributed by atoms with Gasteiger partial charge in [-0.2, -0.15) is 0 Å². The normalized spacial score (nSPS) is 11.8. The topological polar surface area (TPSA) is 81.4 Å². The van der Waals surface area contributed by atoms with Crippen LogP contribution in [-0.4, -0.2) is 28.7 Å². The van der Waals surface area contributed by atoms with Gasteiger partial charge in [0.25, 0.3) is 0 Å². The van der Waals surface area contributed by atoms with E-state index in [1.54, 1.807) is 7.11 Å². The minimum atomic E-state index is -3.76. The quantitative estimate of drug-likeness (QED) is 0.712. The van der Waals surface area contributed by atoms with Gasteiger partial charge in [-0.25, -0.2) is 17.5 Å². The Bertz CT molecular complexity index is 552. The molecule has 0 aliphatic carbocycles. The standard InChI is InChI=1S/C12H18ClFN2O3S/c1-19-5-3-2-4-16-20(17,18)10-6-9(8-15)12(13)11(14)7-10/h6-7,16H,2-5,8,15H2,1H3. The van der Waals surface area contributed by atoms with Gasteiger partial charge in [0.05, 0.1) is 9.92 Å². The summed E-state index contributed by atoms with van der Waals surface area (Å²) in [6.07, 6.45) is 1.37. The molecule has 3 N–H and O–H groups in total. The van der Waals surface area contributed by atoms with Gasteiger partial charge in [-0.1, -0.05) is 11.6 Å². The van der Waals surface area contributed by atoms with Gasteiger partial charge in [0.15, 0.2) is 0 Å². The molecule has 0 bridgehead atoms. The third-order valence-electron chi connectivity index (χ3n) is 2.67. The first-order chi connectivity index (χ1) is 9.42. The molecule has 114 valence electrons. The summed E-state index contributed by atoms with van der Waals surface area (Å²) in [5.41, 5.74) is 5.66. The Labute approximate surface area is 123 Å². The second kappa shape index (κ2) is 7.90. The van der Waals surface area contributed by atoms with Crippen LogP contribution in [0.25, 0.3) is 0 Å². The van der Waals surface area contributed by atoms with Crippen molar-refractivity contribution in [3.8, 4) is 0 Å². The highest BCUT2D eigenvalue weighted by Gasteiger charge is 2.18. The fourth-order valence-electron chi connectivity index (χ4n) is 1.58. The summed E-state index contributed by atoms with van der Waals surface area (Å²) in [6, 6.07) is 2.17. The summed E-state index contributed by atoms with van der Waals surface area (Å²) in [5.74, 6) is -0.797. The zero-order valence-electron chi connectivity index (χ0n) is 11.2. The van der Waals surface area contributed by atoms with E-state index in [9.17, 15) is 12.8 Å². The predicted octanol–water partition coefficient (Wildman–Crippen LogP) is 1.64. The second-order valence-corrected chi connectivity index (χ2v) is 6.32. The molecule has 1 rings (SSSR count). The van der Waals surface area contributed by atoms with Crippen LogP contribution in [0.5, 0.6) is 0 Å². The SMILES string of the molecule is COCCCCNS(=O)(=O)c1cc(F)c(Cl)c(CN)c1. The monoisotopic (exact) mass is 324 g/mol. The van der Waals surface area contributed by atoms with Gasteiger partial charge in [-0.3, -0.25) is 0 Å². The van der Waals surface area contributed by atoms with Crippen molar-refractivity contribution in [3.05, 3.63) is 28.5 Å². The van der Waals surface area contributed by atoms with Crippen LogP contribution in [0.3, 0.4) is 0 Å². The molecule has 0 amide bonds. The van der Waals surface area contributed by atoms with Crippen LogP contribution in [0.4, 0.5) is 4.39 Å². The smallest absolute Gasteiger partial charge is 0.240 e. The highest BCUT2D eigenvalue weighted by molar-refractivity contribution is 7.89. The Balaban J connectivity index is 2.80. The Morgan fingerprint density at radius 2 is 2.10 bits per heavy atom. The summed E-state index contributed by atoms with van der Waals surface area (Å²) >= 11 is 5.69. The molecule has 0 spiro atoms. The molecule has 0 heterocycles. The van der Waals surface area contributed by atoms with E-state index >= 15 is 0 Å². The highest BCUT2D eigenvalue weighted by Crippen LogP contribution is 2.24. The number of hydrogen-bond acceptors (Lipinski definition) is 4. The predicted molar refractivity (Wildman–Crippen MR) is 75.6 cm³/mol. The van der Waals surface area contributed by atoms with E-state index in [1.807, 2.05) is 0 Å². The lowest BCUT2D eigenvalue weighted by molar-refractivity contribution is 0.193. The van der Waals surface area contributed by atoms with Gasteiger partial charge in [-0.15, -0.1) is 0 Å². The number of hydrogen-bond donors (Lipinski definition) is 2. The van der Waals surface area contributed by atoms with E-state index in [2.05, 4.69) is 4.72 Å². The third kappa shape index (κ3) is 4.68. The average Bonchev–Trinajstić information content (AvgIpc) is 2.41. The number of nitrogens with one attached hydrogen (secondary N) is 1. The van der Waals surface area contributed by atoms with Crippen molar-refractivity contribution in [2.45, 2.75) is 24.3 Å². The molecule has 0 aromatic heterocycles. The van der Waals surface area contributed by atoms with Crippen molar-refractivity contribution in [1.82, 2.24) is 4.72 Å². The first kappa shape index (κ1) is 17.3.